The van der Waals surface area contributed by atoms with Gasteiger partial charge in [0.25, 0.3) is 0 Å². The van der Waals surface area contributed by atoms with Crippen LogP contribution in [0.4, 0.5) is 11.4 Å². The molecule has 0 aliphatic heterocycles. The van der Waals surface area contributed by atoms with Crippen molar-refractivity contribution in [3.63, 3.8) is 0 Å². The van der Waals surface area contributed by atoms with E-state index in [1.54, 1.807) is 13.0 Å². The summed E-state index contributed by atoms with van der Waals surface area (Å²) in [5.74, 6) is -0.330. The quantitative estimate of drug-likeness (QED) is 0.258. The van der Waals surface area contributed by atoms with Crippen LogP contribution < -0.4 is 5.32 Å². The lowest BCUT2D eigenvalue weighted by Crippen LogP contribution is -2.14. The van der Waals surface area contributed by atoms with Crippen molar-refractivity contribution in [2.75, 3.05) is 18.5 Å². The number of nitro groups is 1. The molecule has 0 saturated heterocycles. The average molecular weight is 402 g/mol. The van der Waals surface area contributed by atoms with E-state index in [0.29, 0.717) is 10.4 Å². The molecular formula is C18H18N4O5S. The van der Waals surface area contributed by atoms with Crippen LogP contribution in [-0.4, -0.2) is 34.4 Å². The number of hydrogen-bond donors (Lipinski definition) is 1. The van der Waals surface area contributed by atoms with Crippen molar-refractivity contribution < 1.29 is 19.1 Å². The Balaban J connectivity index is 1.91. The zero-order valence-electron chi connectivity index (χ0n) is 15.3. The van der Waals surface area contributed by atoms with E-state index < -0.39 is 4.92 Å². The largest absolute Gasteiger partial charge is 0.464 e. The molecule has 3 aromatic rings. The number of fused-ring (bicyclic) bond motifs is 1. The molecule has 3 rings (SSSR count). The van der Waals surface area contributed by atoms with E-state index in [1.165, 1.54) is 11.8 Å². The molecule has 0 amide bonds. The Morgan fingerprint density at radius 3 is 2.68 bits per heavy atom. The molecule has 1 N–H and O–H groups in total. The molecule has 1 heterocycles. The average Bonchev–Trinajstić information content (AvgIpc) is 3.16. The third-order valence-corrected chi connectivity index (χ3v) is 4.92. The maximum Gasteiger partial charge on any atom is 0.323 e. The molecule has 2 aromatic carbocycles. The van der Waals surface area contributed by atoms with Crippen LogP contribution >= 0.6 is 11.8 Å². The molecule has 0 unspecified atom stereocenters. The third-order valence-electron chi connectivity index (χ3n) is 3.88. The molecule has 146 valence electrons. The van der Waals surface area contributed by atoms with Gasteiger partial charge in [-0.2, -0.15) is 0 Å². The van der Waals surface area contributed by atoms with Crippen LogP contribution in [-0.2, 0) is 9.53 Å². The summed E-state index contributed by atoms with van der Waals surface area (Å²) in [7, 11) is 0. The molecule has 1 aromatic heterocycles. The summed E-state index contributed by atoms with van der Waals surface area (Å²) < 4.78 is 9.76. The van der Waals surface area contributed by atoms with E-state index in [0.717, 1.165) is 10.5 Å². The van der Waals surface area contributed by atoms with Crippen LogP contribution in [0.15, 0.2) is 44.8 Å². The predicted molar refractivity (Wildman–Crippen MR) is 104 cm³/mol. The number of aromatic nitrogens is 2. The molecule has 0 saturated carbocycles. The first-order valence-corrected chi connectivity index (χ1v) is 9.39. The number of hydrogen-bond acceptors (Lipinski definition) is 9. The maximum atomic E-state index is 11.6. The van der Waals surface area contributed by atoms with Gasteiger partial charge in [0.2, 0.25) is 5.52 Å². The van der Waals surface area contributed by atoms with E-state index in [-0.39, 0.29) is 42.4 Å². The topological polar surface area (TPSA) is 120 Å². The van der Waals surface area contributed by atoms with Crippen LogP contribution in [0.3, 0.4) is 0 Å². The minimum atomic E-state index is -0.534. The number of carbonyl (C=O) groups is 1. The molecule has 28 heavy (non-hydrogen) atoms. The van der Waals surface area contributed by atoms with Crippen molar-refractivity contribution in [1.29, 1.82) is 0 Å². The van der Waals surface area contributed by atoms with Crippen LogP contribution in [0.5, 0.6) is 0 Å². The highest BCUT2D eigenvalue weighted by Gasteiger charge is 2.26. The number of anilines is 1. The van der Waals surface area contributed by atoms with Crippen molar-refractivity contribution >= 4 is 40.1 Å². The second-order valence-corrected chi connectivity index (χ2v) is 7.02. The zero-order chi connectivity index (χ0) is 20.1. The second-order valence-electron chi connectivity index (χ2n) is 5.91. The Morgan fingerprint density at radius 2 is 2.00 bits per heavy atom. The number of rotatable bonds is 8. The third kappa shape index (κ3) is 4.39. The lowest BCUT2D eigenvalue weighted by Gasteiger charge is -2.10. The van der Waals surface area contributed by atoms with Gasteiger partial charge in [-0.05, 0) is 35.4 Å². The summed E-state index contributed by atoms with van der Waals surface area (Å²) in [6.45, 7) is 4.01. The molecular weight excluding hydrogens is 384 g/mol. The van der Waals surface area contributed by atoms with Gasteiger partial charge in [0.1, 0.15) is 12.3 Å². The Labute approximate surface area is 164 Å². The molecule has 0 atom stereocenters. The summed E-state index contributed by atoms with van der Waals surface area (Å²) in [4.78, 5) is 23.9. The van der Waals surface area contributed by atoms with Crippen molar-refractivity contribution in [1.82, 2.24) is 10.3 Å². The van der Waals surface area contributed by atoms with E-state index in [9.17, 15) is 14.9 Å². The van der Waals surface area contributed by atoms with Crippen molar-refractivity contribution in [3.8, 4) is 0 Å². The monoisotopic (exact) mass is 402 g/mol. The first-order chi connectivity index (χ1) is 13.5. The van der Waals surface area contributed by atoms with E-state index in [2.05, 4.69) is 15.6 Å². The van der Waals surface area contributed by atoms with Gasteiger partial charge in [-0.1, -0.05) is 36.4 Å². The van der Waals surface area contributed by atoms with Crippen LogP contribution in [0.1, 0.15) is 18.9 Å². The fourth-order valence-corrected chi connectivity index (χ4v) is 3.42. The normalized spacial score (nSPS) is 10.8. The molecule has 10 heteroatoms. The lowest BCUT2D eigenvalue weighted by atomic mass is 10.2. The summed E-state index contributed by atoms with van der Waals surface area (Å²) in [5.41, 5.74) is 1.54. The number of ether oxygens (including phenoxy) is 1. The summed E-state index contributed by atoms with van der Waals surface area (Å²) in [6.07, 6.45) is 0.272. The molecule has 0 aliphatic rings. The Bertz CT molecular complexity index is 1000. The van der Waals surface area contributed by atoms with Crippen LogP contribution in [0.25, 0.3) is 11.0 Å². The van der Waals surface area contributed by atoms with Gasteiger partial charge in [-0.15, -0.1) is 0 Å². The first-order valence-electron chi connectivity index (χ1n) is 8.57. The maximum absolute atomic E-state index is 11.6. The van der Waals surface area contributed by atoms with E-state index in [1.807, 2.05) is 31.2 Å². The van der Waals surface area contributed by atoms with Crippen LogP contribution in [0.2, 0.25) is 0 Å². The van der Waals surface area contributed by atoms with Crippen LogP contribution in [0, 0.1) is 17.0 Å². The highest BCUT2D eigenvalue weighted by Crippen LogP contribution is 2.40. The summed E-state index contributed by atoms with van der Waals surface area (Å²) in [5, 5.41) is 22.1. The zero-order valence-corrected chi connectivity index (χ0v) is 16.1. The fraction of sp³-hybridized carbons (Fsp3) is 0.278. The summed E-state index contributed by atoms with van der Waals surface area (Å²) >= 11 is 1.40. The minimum Gasteiger partial charge on any atom is -0.464 e. The summed E-state index contributed by atoms with van der Waals surface area (Å²) in [6, 6.07) is 9.51. The number of benzene rings is 2. The molecule has 0 radical (unpaired) electrons. The lowest BCUT2D eigenvalue weighted by molar-refractivity contribution is -0.382. The Kier molecular flexibility index (Phi) is 6.09. The van der Waals surface area contributed by atoms with Crippen molar-refractivity contribution in [2.24, 2.45) is 0 Å². The highest BCUT2D eigenvalue weighted by molar-refractivity contribution is 7.99. The second kappa shape index (κ2) is 8.70. The number of aryl methyl sites for hydroxylation is 1. The fourth-order valence-electron chi connectivity index (χ4n) is 2.48. The number of nitro benzene ring substituents is 1. The minimum absolute atomic E-state index is 0.0650. The standard InChI is InChI=1S/C18H18N4O5S/c1-3-15(23)26-9-8-19-13-10-14(28-12-6-4-11(2)5-7-12)16-17(21-27-20-16)18(13)22(24)25/h4-7,10,19H,3,8-9H2,1-2H3. The molecule has 0 fully saturated rings. The smallest absolute Gasteiger partial charge is 0.323 e. The Hall–Kier alpha value is -3.14. The Morgan fingerprint density at radius 1 is 1.29 bits per heavy atom. The van der Waals surface area contributed by atoms with Gasteiger partial charge in [0.15, 0.2) is 5.52 Å². The predicted octanol–water partition coefficient (Wildman–Crippen LogP) is 3.96. The number of esters is 1. The SMILES string of the molecule is CCC(=O)OCCNc1cc(Sc2ccc(C)cc2)c2nonc2c1[N+](=O)[O-]. The van der Waals surface area contributed by atoms with Crippen molar-refractivity contribution in [2.45, 2.75) is 30.1 Å². The van der Waals surface area contributed by atoms with Gasteiger partial charge in [0, 0.05) is 22.8 Å². The number of nitrogens with one attached hydrogen (secondary N) is 1. The molecule has 0 aliphatic carbocycles. The van der Waals surface area contributed by atoms with Gasteiger partial charge >= 0.3 is 11.7 Å². The first kappa shape index (κ1) is 19.6. The molecule has 0 spiro atoms. The van der Waals surface area contributed by atoms with Crippen molar-refractivity contribution in [3.05, 3.63) is 46.0 Å². The van der Waals surface area contributed by atoms with Gasteiger partial charge < -0.3 is 10.1 Å². The number of carbonyl (C=O) groups excluding carboxylic acids is 1. The molecule has 0 bridgehead atoms. The van der Waals surface area contributed by atoms with E-state index in [4.69, 9.17) is 9.37 Å². The number of nitrogens with zero attached hydrogens (tertiary/aromatic N) is 3. The van der Waals surface area contributed by atoms with Gasteiger partial charge in [-0.3, -0.25) is 14.9 Å². The highest BCUT2D eigenvalue weighted by atomic mass is 32.2. The van der Waals surface area contributed by atoms with Gasteiger partial charge in [0.05, 0.1) is 4.92 Å². The molecule has 9 nitrogen and oxygen atoms in total. The van der Waals surface area contributed by atoms with Gasteiger partial charge in [-0.25, -0.2) is 4.63 Å². The van der Waals surface area contributed by atoms with E-state index >= 15 is 0 Å².